The van der Waals surface area contributed by atoms with Crippen molar-refractivity contribution in [2.75, 3.05) is 11.9 Å². The van der Waals surface area contributed by atoms with Gasteiger partial charge in [0.05, 0.1) is 10.0 Å². The van der Waals surface area contributed by atoms with E-state index in [1.54, 1.807) is 36.4 Å². The number of carbonyl (C=O) groups is 2. The highest BCUT2D eigenvalue weighted by Gasteiger charge is 2.10. The van der Waals surface area contributed by atoms with E-state index in [2.05, 4.69) is 12.2 Å². The van der Waals surface area contributed by atoms with Crippen LogP contribution in [0.3, 0.4) is 0 Å². The predicted octanol–water partition coefficient (Wildman–Crippen LogP) is 6.07. The van der Waals surface area contributed by atoms with Crippen LogP contribution in [0.15, 0.2) is 66.7 Å². The molecule has 0 unspecified atom stereocenters. The lowest BCUT2D eigenvalue weighted by atomic mass is 10.1. The van der Waals surface area contributed by atoms with E-state index >= 15 is 0 Å². The molecule has 0 fully saturated rings. The summed E-state index contributed by atoms with van der Waals surface area (Å²) in [4.78, 5) is 24.5. The summed E-state index contributed by atoms with van der Waals surface area (Å²) in [5.74, 6) is 0.142. The highest BCUT2D eigenvalue weighted by atomic mass is 35.5. The minimum Gasteiger partial charge on any atom is -0.485 e. The Morgan fingerprint density at radius 2 is 1.52 bits per heavy atom. The third-order valence-corrected chi connectivity index (χ3v) is 5.09. The van der Waals surface area contributed by atoms with Crippen molar-refractivity contribution in [1.29, 1.82) is 0 Å². The van der Waals surface area contributed by atoms with Gasteiger partial charge in [-0.2, -0.15) is 0 Å². The van der Waals surface area contributed by atoms with Gasteiger partial charge in [0.2, 0.25) is 0 Å². The number of anilines is 1. The molecular formula is C23H19Cl2NO3. The zero-order chi connectivity index (χ0) is 20.8. The van der Waals surface area contributed by atoms with Crippen LogP contribution in [-0.4, -0.2) is 18.3 Å². The molecule has 0 radical (unpaired) electrons. The van der Waals surface area contributed by atoms with Crippen molar-refractivity contribution in [3.63, 3.8) is 0 Å². The summed E-state index contributed by atoms with van der Waals surface area (Å²) >= 11 is 11.8. The largest absolute Gasteiger partial charge is 0.485 e. The van der Waals surface area contributed by atoms with Crippen molar-refractivity contribution in [2.24, 2.45) is 0 Å². The summed E-state index contributed by atoms with van der Waals surface area (Å²) < 4.78 is 5.56. The summed E-state index contributed by atoms with van der Waals surface area (Å²) in [6.45, 7) is 2.01. The topological polar surface area (TPSA) is 55.4 Å². The number of rotatable bonds is 7. The summed E-state index contributed by atoms with van der Waals surface area (Å²) in [7, 11) is 0. The Labute approximate surface area is 179 Å². The molecule has 1 N–H and O–H groups in total. The number of nitrogens with one attached hydrogen (secondary N) is 1. The Hall–Kier alpha value is -2.82. The van der Waals surface area contributed by atoms with Gasteiger partial charge in [-0.15, -0.1) is 0 Å². The van der Waals surface area contributed by atoms with Crippen LogP contribution in [0.1, 0.15) is 33.2 Å². The molecule has 29 heavy (non-hydrogen) atoms. The maximum atomic E-state index is 12.3. The first-order chi connectivity index (χ1) is 14.0. The zero-order valence-electron chi connectivity index (χ0n) is 15.7. The van der Waals surface area contributed by atoms with Crippen LogP contribution in [0.4, 0.5) is 5.69 Å². The third-order valence-electron chi connectivity index (χ3n) is 4.35. The van der Waals surface area contributed by atoms with Crippen molar-refractivity contribution >= 4 is 40.6 Å². The second kappa shape index (κ2) is 9.59. The fourth-order valence-corrected chi connectivity index (χ4v) is 2.93. The fourth-order valence-electron chi connectivity index (χ4n) is 2.63. The summed E-state index contributed by atoms with van der Waals surface area (Å²) in [5.41, 5.74) is 2.79. The van der Waals surface area contributed by atoms with Gasteiger partial charge in [0, 0.05) is 16.8 Å². The van der Waals surface area contributed by atoms with Crippen LogP contribution >= 0.6 is 23.2 Å². The first kappa shape index (κ1) is 20.9. The lowest BCUT2D eigenvalue weighted by molar-refractivity contribution is 0.0921. The maximum absolute atomic E-state index is 12.3. The van der Waals surface area contributed by atoms with Crippen LogP contribution in [0.25, 0.3) is 0 Å². The fraction of sp³-hybridized carbons (Fsp3) is 0.130. The Bertz CT molecular complexity index is 1020. The molecule has 0 heterocycles. The molecule has 148 valence electrons. The van der Waals surface area contributed by atoms with E-state index in [-0.39, 0.29) is 18.3 Å². The number of benzene rings is 3. The van der Waals surface area contributed by atoms with Crippen LogP contribution in [0, 0.1) is 0 Å². The van der Waals surface area contributed by atoms with Crippen molar-refractivity contribution in [3.05, 3.63) is 93.5 Å². The zero-order valence-corrected chi connectivity index (χ0v) is 17.3. The molecule has 0 saturated heterocycles. The van der Waals surface area contributed by atoms with Crippen molar-refractivity contribution < 1.29 is 14.3 Å². The van der Waals surface area contributed by atoms with Gasteiger partial charge in [-0.25, -0.2) is 0 Å². The van der Waals surface area contributed by atoms with E-state index in [9.17, 15) is 9.59 Å². The molecule has 6 heteroatoms. The molecule has 0 bridgehead atoms. The lowest BCUT2D eigenvalue weighted by Gasteiger charge is -2.09. The summed E-state index contributed by atoms with van der Waals surface area (Å²) in [6.07, 6.45) is 0.929. The lowest BCUT2D eigenvalue weighted by Crippen LogP contribution is -2.12. The average Bonchev–Trinajstić information content (AvgIpc) is 2.75. The van der Waals surface area contributed by atoms with Gasteiger partial charge in [-0.3, -0.25) is 9.59 Å². The minimum absolute atomic E-state index is 0.0551. The predicted molar refractivity (Wildman–Crippen MR) is 117 cm³/mol. The molecule has 0 aromatic heterocycles. The van der Waals surface area contributed by atoms with Crippen LogP contribution in [0.5, 0.6) is 5.75 Å². The van der Waals surface area contributed by atoms with Gasteiger partial charge in [0.1, 0.15) is 5.75 Å². The SMILES string of the molecule is CCc1ccc(C(=O)COc2ccc(NC(=O)c3ccc(Cl)c(Cl)c3)cc2)cc1. The number of halogens is 2. The van der Waals surface area contributed by atoms with E-state index in [0.717, 1.165) is 6.42 Å². The van der Waals surface area contributed by atoms with Gasteiger partial charge in [0.15, 0.2) is 12.4 Å². The van der Waals surface area contributed by atoms with Crippen LogP contribution in [-0.2, 0) is 6.42 Å². The minimum atomic E-state index is -0.303. The number of ether oxygens (including phenoxy) is 1. The van der Waals surface area contributed by atoms with Gasteiger partial charge >= 0.3 is 0 Å². The molecule has 3 aromatic rings. The highest BCUT2D eigenvalue weighted by molar-refractivity contribution is 6.42. The van der Waals surface area contributed by atoms with E-state index in [0.29, 0.717) is 32.6 Å². The van der Waals surface area contributed by atoms with Gasteiger partial charge in [0.25, 0.3) is 5.91 Å². The number of hydrogen-bond donors (Lipinski definition) is 1. The van der Waals surface area contributed by atoms with Crippen molar-refractivity contribution in [3.8, 4) is 5.75 Å². The number of ketones is 1. The molecule has 1 amide bonds. The van der Waals surface area contributed by atoms with Crippen molar-refractivity contribution in [1.82, 2.24) is 0 Å². The number of aryl methyl sites for hydroxylation is 1. The second-order valence-corrected chi connectivity index (χ2v) is 7.18. The smallest absolute Gasteiger partial charge is 0.255 e. The van der Waals surface area contributed by atoms with Crippen molar-refractivity contribution in [2.45, 2.75) is 13.3 Å². The van der Waals surface area contributed by atoms with E-state index in [1.807, 2.05) is 24.3 Å². The molecule has 0 aliphatic carbocycles. The average molecular weight is 428 g/mol. The monoisotopic (exact) mass is 427 g/mol. The molecule has 3 aromatic carbocycles. The summed E-state index contributed by atoms with van der Waals surface area (Å²) in [5, 5.41) is 3.48. The van der Waals surface area contributed by atoms with Crippen LogP contribution < -0.4 is 10.1 Å². The molecule has 0 saturated carbocycles. The first-order valence-corrected chi connectivity index (χ1v) is 9.83. The highest BCUT2D eigenvalue weighted by Crippen LogP contribution is 2.23. The van der Waals surface area contributed by atoms with Gasteiger partial charge in [-0.1, -0.05) is 54.4 Å². The number of Topliss-reactive ketones (excluding diaryl/α,β-unsaturated/α-hetero) is 1. The maximum Gasteiger partial charge on any atom is 0.255 e. The van der Waals surface area contributed by atoms with Crippen LogP contribution in [0.2, 0.25) is 10.0 Å². The number of amides is 1. The Morgan fingerprint density at radius 1 is 0.862 bits per heavy atom. The van der Waals surface area contributed by atoms with E-state index in [4.69, 9.17) is 27.9 Å². The molecule has 0 aliphatic rings. The second-order valence-electron chi connectivity index (χ2n) is 6.37. The quantitative estimate of drug-likeness (QED) is 0.465. The molecule has 0 spiro atoms. The number of carbonyl (C=O) groups excluding carboxylic acids is 2. The molecule has 0 aliphatic heterocycles. The Morgan fingerprint density at radius 3 is 2.14 bits per heavy atom. The normalized spacial score (nSPS) is 10.4. The van der Waals surface area contributed by atoms with Gasteiger partial charge in [-0.05, 0) is 54.4 Å². The molecule has 0 atom stereocenters. The molecular weight excluding hydrogens is 409 g/mol. The number of hydrogen-bond acceptors (Lipinski definition) is 3. The Kier molecular flexibility index (Phi) is 6.91. The molecule has 4 nitrogen and oxygen atoms in total. The summed E-state index contributed by atoms with van der Waals surface area (Å²) in [6, 6.07) is 19.0. The van der Waals surface area contributed by atoms with E-state index in [1.165, 1.54) is 11.6 Å². The van der Waals surface area contributed by atoms with Gasteiger partial charge < -0.3 is 10.1 Å². The molecule has 3 rings (SSSR count). The standard InChI is InChI=1S/C23H19Cl2NO3/c1-2-15-3-5-16(6-4-15)22(27)14-29-19-10-8-18(9-11-19)26-23(28)17-7-12-20(24)21(25)13-17/h3-13H,2,14H2,1H3,(H,26,28). The Balaban J connectivity index is 1.56. The third kappa shape index (κ3) is 5.59. The van der Waals surface area contributed by atoms with E-state index < -0.39 is 0 Å². The first-order valence-electron chi connectivity index (χ1n) is 9.07.